The predicted molar refractivity (Wildman–Crippen MR) is 317 cm³/mol. The van der Waals surface area contributed by atoms with Gasteiger partial charge in [-0.25, -0.2) is 0 Å². The molecule has 0 amide bonds. The normalized spacial score (nSPS) is 12.8. The highest BCUT2D eigenvalue weighted by atomic mass is 15.1. The molecule has 13 aromatic rings. The first kappa shape index (κ1) is 44.5. The third kappa shape index (κ3) is 7.16. The molecule has 14 rings (SSSR count). The van der Waals surface area contributed by atoms with E-state index in [1.807, 2.05) is 0 Å². The van der Waals surface area contributed by atoms with Crippen molar-refractivity contribution in [1.82, 2.24) is 4.57 Å². The second-order valence-corrected chi connectivity index (χ2v) is 21.3. The minimum atomic E-state index is -0.486. The minimum Gasteiger partial charge on any atom is -0.310 e. The summed E-state index contributed by atoms with van der Waals surface area (Å²) in [5.41, 5.74) is 20.2. The molecule has 0 aliphatic heterocycles. The zero-order chi connectivity index (χ0) is 50.3. The monoisotopic (exact) mass is 958 g/mol. The molecule has 0 fully saturated rings. The van der Waals surface area contributed by atoms with E-state index in [1.54, 1.807) is 0 Å². The van der Waals surface area contributed by atoms with Crippen molar-refractivity contribution in [2.24, 2.45) is 0 Å². The van der Waals surface area contributed by atoms with Crippen molar-refractivity contribution in [3.8, 4) is 39.1 Å². The Morgan fingerprint density at radius 2 is 0.853 bits per heavy atom. The summed E-state index contributed by atoms with van der Waals surface area (Å²) in [5.74, 6) is 0. The van der Waals surface area contributed by atoms with Crippen molar-refractivity contribution in [2.75, 3.05) is 4.90 Å². The van der Waals surface area contributed by atoms with Crippen LogP contribution in [-0.4, -0.2) is 4.57 Å². The van der Waals surface area contributed by atoms with Gasteiger partial charge in [0.15, 0.2) is 0 Å². The highest BCUT2D eigenvalue weighted by molar-refractivity contribution is 6.15. The van der Waals surface area contributed by atoms with Crippen molar-refractivity contribution < 1.29 is 0 Å². The van der Waals surface area contributed by atoms with Crippen LogP contribution in [0.4, 0.5) is 17.1 Å². The predicted octanol–water partition coefficient (Wildman–Crippen LogP) is 19.6. The van der Waals surface area contributed by atoms with Crippen LogP contribution in [0.1, 0.15) is 48.6 Å². The summed E-state index contributed by atoms with van der Waals surface area (Å²) >= 11 is 0. The SMILES string of the molecule is CC(C)(C)c1ccc(N(c2ccc(-c3ccc(-c4ccc5c6ccccc6n(-c6ccc7c(c6)C(c6ccccc6)(c6ccccc6)c6ccccc6-7)c5c4)cc3)cc2)c2cc3ccccc3c3ccccc23)cc1. The molecule has 1 aliphatic rings. The first-order valence-corrected chi connectivity index (χ1v) is 26.2. The fraction of sp³-hybridized carbons (Fsp3) is 0.0685. The van der Waals surface area contributed by atoms with E-state index in [2.05, 4.69) is 303 Å². The molecule has 0 N–H and O–H groups in total. The molecule has 356 valence electrons. The van der Waals surface area contributed by atoms with E-state index in [9.17, 15) is 0 Å². The zero-order valence-electron chi connectivity index (χ0n) is 42.4. The fourth-order valence-corrected chi connectivity index (χ4v) is 12.4. The molecular weight excluding hydrogens is 905 g/mol. The van der Waals surface area contributed by atoms with E-state index in [0.717, 1.165) is 22.7 Å². The van der Waals surface area contributed by atoms with Crippen molar-refractivity contribution in [3.63, 3.8) is 0 Å². The smallest absolute Gasteiger partial charge is 0.0714 e. The van der Waals surface area contributed by atoms with Crippen molar-refractivity contribution >= 4 is 60.4 Å². The highest BCUT2D eigenvalue weighted by Gasteiger charge is 2.46. The van der Waals surface area contributed by atoms with E-state index < -0.39 is 5.41 Å². The maximum atomic E-state index is 2.48. The molecule has 12 aromatic carbocycles. The molecule has 1 heterocycles. The van der Waals surface area contributed by atoms with Crippen molar-refractivity contribution in [3.05, 3.63) is 301 Å². The molecule has 2 heteroatoms. The topological polar surface area (TPSA) is 8.17 Å². The molecule has 0 spiro atoms. The summed E-state index contributed by atoms with van der Waals surface area (Å²) in [5, 5.41) is 7.45. The molecule has 2 nitrogen and oxygen atoms in total. The summed E-state index contributed by atoms with van der Waals surface area (Å²) < 4.78 is 2.48. The Hall–Kier alpha value is -9.24. The van der Waals surface area contributed by atoms with Gasteiger partial charge in [0, 0.05) is 33.2 Å². The molecule has 0 saturated carbocycles. The average Bonchev–Trinajstić information content (AvgIpc) is 4.09. The van der Waals surface area contributed by atoms with Gasteiger partial charge in [-0.15, -0.1) is 0 Å². The quantitative estimate of drug-likeness (QED) is 0.138. The third-order valence-electron chi connectivity index (χ3n) is 16.0. The van der Waals surface area contributed by atoms with E-state index in [4.69, 9.17) is 0 Å². The molecule has 0 atom stereocenters. The number of benzene rings is 12. The fourth-order valence-electron chi connectivity index (χ4n) is 12.4. The van der Waals surface area contributed by atoms with Gasteiger partial charge in [-0.05, 0) is 137 Å². The van der Waals surface area contributed by atoms with Gasteiger partial charge in [-0.2, -0.15) is 0 Å². The maximum Gasteiger partial charge on any atom is 0.0714 e. The Labute approximate surface area is 439 Å². The summed E-state index contributed by atoms with van der Waals surface area (Å²) in [6.07, 6.45) is 0. The van der Waals surface area contributed by atoms with Crippen LogP contribution in [0.2, 0.25) is 0 Å². The summed E-state index contributed by atoms with van der Waals surface area (Å²) in [6.45, 7) is 6.83. The molecular formula is C73H54N2. The molecule has 1 aromatic heterocycles. The maximum absolute atomic E-state index is 2.48. The first-order valence-electron chi connectivity index (χ1n) is 26.2. The number of nitrogens with zero attached hydrogens (tertiary/aromatic N) is 2. The summed E-state index contributed by atoms with van der Waals surface area (Å²) in [4.78, 5) is 2.42. The van der Waals surface area contributed by atoms with Gasteiger partial charge >= 0.3 is 0 Å². The highest BCUT2D eigenvalue weighted by Crippen LogP contribution is 2.57. The second-order valence-electron chi connectivity index (χ2n) is 21.3. The minimum absolute atomic E-state index is 0.0556. The number of rotatable bonds is 8. The molecule has 0 bridgehead atoms. The van der Waals surface area contributed by atoms with Gasteiger partial charge in [0.2, 0.25) is 0 Å². The van der Waals surface area contributed by atoms with Crippen LogP contribution in [0.3, 0.4) is 0 Å². The average molecular weight is 959 g/mol. The van der Waals surface area contributed by atoms with E-state index >= 15 is 0 Å². The number of hydrogen-bond donors (Lipinski definition) is 0. The van der Waals surface area contributed by atoms with E-state index in [-0.39, 0.29) is 5.41 Å². The Morgan fingerprint density at radius 1 is 0.347 bits per heavy atom. The van der Waals surface area contributed by atoms with Crippen LogP contribution >= 0.6 is 0 Å². The lowest BCUT2D eigenvalue weighted by atomic mass is 9.67. The lowest BCUT2D eigenvalue weighted by molar-refractivity contribution is 0.590. The van der Waals surface area contributed by atoms with Crippen LogP contribution < -0.4 is 4.90 Å². The zero-order valence-corrected chi connectivity index (χ0v) is 42.4. The Morgan fingerprint density at radius 3 is 1.53 bits per heavy atom. The first-order chi connectivity index (χ1) is 36.8. The Bertz CT molecular complexity index is 4250. The molecule has 0 unspecified atom stereocenters. The second kappa shape index (κ2) is 17.5. The molecule has 0 radical (unpaired) electrons. The van der Waals surface area contributed by atoms with Gasteiger partial charge in [0.1, 0.15) is 0 Å². The van der Waals surface area contributed by atoms with Gasteiger partial charge in [0.05, 0.1) is 22.1 Å². The number of fused-ring (bicyclic) bond motifs is 9. The van der Waals surface area contributed by atoms with Gasteiger partial charge in [0.25, 0.3) is 0 Å². The Balaban J connectivity index is 0.845. The molecule has 1 aliphatic carbocycles. The lowest BCUT2D eigenvalue weighted by Crippen LogP contribution is -2.28. The summed E-state index contributed by atoms with van der Waals surface area (Å²) in [7, 11) is 0. The number of para-hydroxylation sites is 1. The van der Waals surface area contributed by atoms with Crippen molar-refractivity contribution in [1.29, 1.82) is 0 Å². The van der Waals surface area contributed by atoms with Crippen LogP contribution in [-0.2, 0) is 10.8 Å². The van der Waals surface area contributed by atoms with Crippen LogP contribution in [0.15, 0.2) is 273 Å². The summed E-state index contributed by atoms with van der Waals surface area (Å²) in [6, 6.07) is 101. The third-order valence-corrected chi connectivity index (χ3v) is 16.0. The van der Waals surface area contributed by atoms with Crippen molar-refractivity contribution in [2.45, 2.75) is 31.6 Å². The molecule has 0 saturated heterocycles. The van der Waals surface area contributed by atoms with E-state index in [1.165, 1.54) is 105 Å². The lowest BCUT2D eigenvalue weighted by Gasteiger charge is -2.34. The number of hydrogen-bond acceptors (Lipinski definition) is 1. The molecule has 75 heavy (non-hydrogen) atoms. The Kier molecular flexibility index (Phi) is 10.4. The van der Waals surface area contributed by atoms with Crippen LogP contribution in [0.25, 0.3) is 82.4 Å². The largest absolute Gasteiger partial charge is 0.310 e. The van der Waals surface area contributed by atoms with Gasteiger partial charge in [-0.3, -0.25) is 0 Å². The van der Waals surface area contributed by atoms with E-state index in [0.29, 0.717) is 0 Å². The standard InChI is InChI=1S/C73H54N2/c1-72(2,3)54-37-41-58(42-38-54)74(70-47-53-18-10-11-23-60(53)61-24-12-13-26-64(61)70)57-39-34-50(35-40-57)49-30-32-51(33-31-49)52-36-44-66-65-27-15-17-29-69(65)75(71(66)46-52)59-43-45-63-62-25-14-16-28-67(62)73(68(63)48-59,55-19-6-4-7-20-55)56-21-8-5-9-22-56/h4-48H,1-3H3. The van der Waals surface area contributed by atoms with Gasteiger partial charge in [-0.1, -0.05) is 239 Å². The van der Waals surface area contributed by atoms with Crippen LogP contribution in [0, 0.1) is 0 Å². The van der Waals surface area contributed by atoms with Gasteiger partial charge < -0.3 is 9.47 Å². The van der Waals surface area contributed by atoms with Crippen LogP contribution in [0.5, 0.6) is 0 Å². The number of anilines is 3. The number of aromatic nitrogens is 1.